The fourth-order valence-corrected chi connectivity index (χ4v) is 4.32. The van der Waals surface area contributed by atoms with E-state index in [1.165, 1.54) is 12.8 Å². The Labute approximate surface area is 177 Å². The molecule has 0 radical (unpaired) electrons. The zero-order valence-corrected chi connectivity index (χ0v) is 17.3. The highest BCUT2D eigenvalue weighted by Gasteiger charge is 2.36. The lowest BCUT2D eigenvalue weighted by atomic mass is 9.69. The van der Waals surface area contributed by atoms with E-state index in [1.807, 2.05) is 12.1 Å². The Balaban J connectivity index is 1.71. The minimum absolute atomic E-state index is 0.200. The summed E-state index contributed by atoms with van der Waals surface area (Å²) in [6.07, 6.45) is 8.76. The number of benzene rings is 1. The molecule has 1 aromatic carbocycles. The number of carbonyl (C=O) groups excluding carboxylic acids is 1. The first-order valence-electron chi connectivity index (χ1n) is 10.6. The molecule has 0 atom stereocenters. The van der Waals surface area contributed by atoms with E-state index in [4.69, 9.17) is 15.2 Å². The zero-order valence-electron chi connectivity index (χ0n) is 17.3. The molecule has 0 amide bonds. The molecular weight excluding hydrogens is 378 g/mol. The maximum absolute atomic E-state index is 12.0. The third kappa shape index (κ3) is 4.40. The average molecular weight is 405 g/mol. The number of anilines is 1. The molecule has 0 bridgehead atoms. The first kappa shape index (κ1) is 20.2. The maximum Gasteiger partial charge on any atom is 0.221 e. The van der Waals surface area contributed by atoms with Crippen molar-refractivity contribution in [2.75, 3.05) is 12.8 Å². The van der Waals surface area contributed by atoms with E-state index in [9.17, 15) is 4.79 Å². The van der Waals surface area contributed by atoms with Crippen molar-refractivity contribution < 1.29 is 14.3 Å². The number of carbonyl (C=O) groups is 1. The minimum atomic E-state index is -0.437. The van der Waals surface area contributed by atoms with Crippen LogP contribution in [0.4, 0.5) is 5.95 Å². The smallest absolute Gasteiger partial charge is 0.221 e. The van der Waals surface area contributed by atoms with Crippen LogP contribution >= 0.6 is 0 Å². The van der Waals surface area contributed by atoms with Crippen LogP contribution in [0.5, 0.6) is 11.5 Å². The van der Waals surface area contributed by atoms with Gasteiger partial charge in [-0.1, -0.05) is 12.0 Å². The van der Waals surface area contributed by atoms with Crippen molar-refractivity contribution in [3.05, 3.63) is 41.7 Å². The molecule has 1 aromatic heterocycles. The van der Waals surface area contributed by atoms with Crippen molar-refractivity contribution in [1.82, 2.24) is 9.97 Å². The number of nitrogens with two attached hydrogens (primary N) is 1. The van der Waals surface area contributed by atoms with E-state index in [2.05, 4.69) is 27.9 Å². The Bertz CT molecular complexity index is 977. The quantitative estimate of drug-likeness (QED) is 0.778. The number of ether oxygens (including phenoxy) is 2. The summed E-state index contributed by atoms with van der Waals surface area (Å²) < 4.78 is 11.8. The largest absolute Gasteiger partial charge is 0.493 e. The number of ketones is 1. The number of hydrogen-bond donors (Lipinski definition) is 1. The second kappa shape index (κ2) is 8.74. The number of nitrogens with zero attached hydrogens (tertiary/aromatic N) is 2. The molecule has 0 unspecified atom stereocenters. The first-order chi connectivity index (χ1) is 14.6. The van der Waals surface area contributed by atoms with Crippen LogP contribution in [0.2, 0.25) is 0 Å². The number of nitrogen functional groups attached to an aromatic ring is 1. The van der Waals surface area contributed by atoms with Gasteiger partial charge in [0.05, 0.1) is 18.6 Å². The van der Waals surface area contributed by atoms with E-state index in [0.29, 0.717) is 31.4 Å². The zero-order chi connectivity index (χ0) is 21.0. The highest BCUT2D eigenvalue weighted by molar-refractivity contribution is 5.80. The molecule has 4 rings (SSSR count). The van der Waals surface area contributed by atoms with Gasteiger partial charge >= 0.3 is 0 Å². The number of hydrogen-bond acceptors (Lipinski definition) is 6. The van der Waals surface area contributed by atoms with Gasteiger partial charge in [0, 0.05) is 19.0 Å². The van der Waals surface area contributed by atoms with Gasteiger partial charge in [0.25, 0.3) is 0 Å². The van der Waals surface area contributed by atoms with Gasteiger partial charge in [-0.2, -0.15) is 0 Å². The van der Waals surface area contributed by atoms with E-state index >= 15 is 0 Å². The molecule has 2 saturated carbocycles. The molecule has 2 aliphatic carbocycles. The van der Waals surface area contributed by atoms with Crippen LogP contribution in [0.15, 0.2) is 30.5 Å². The Morgan fingerprint density at radius 2 is 1.90 bits per heavy atom. The molecular formula is C24H27N3O3. The van der Waals surface area contributed by atoms with Gasteiger partial charge in [0.1, 0.15) is 11.5 Å². The summed E-state index contributed by atoms with van der Waals surface area (Å²) in [5.74, 6) is 8.56. The molecule has 156 valence electrons. The van der Waals surface area contributed by atoms with E-state index < -0.39 is 5.41 Å². The number of rotatable bonds is 4. The fourth-order valence-electron chi connectivity index (χ4n) is 4.32. The van der Waals surface area contributed by atoms with Gasteiger partial charge in [-0.15, -0.1) is 0 Å². The Kier molecular flexibility index (Phi) is 5.89. The van der Waals surface area contributed by atoms with Crippen LogP contribution in [0.3, 0.4) is 0 Å². The lowest BCUT2D eigenvalue weighted by molar-refractivity contribution is -0.120. The molecule has 0 saturated heterocycles. The van der Waals surface area contributed by atoms with Crippen molar-refractivity contribution in [3.8, 4) is 23.3 Å². The van der Waals surface area contributed by atoms with Gasteiger partial charge in [0.15, 0.2) is 11.5 Å². The monoisotopic (exact) mass is 405 g/mol. The number of methoxy groups -OCH3 is 1. The predicted molar refractivity (Wildman–Crippen MR) is 114 cm³/mol. The summed E-state index contributed by atoms with van der Waals surface area (Å²) in [5.41, 5.74) is 6.89. The summed E-state index contributed by atoms with van der Waals surface area (Å²) in [7, 11) is 1.66. The second-order valence-electron chi connectivity index (χ2n) is 8.06. The van der Waals surface area contributed by atoms with Crippen LogP contribution in [0, 0.1) is 11.8 Å². The van der Waals surface area contributed by atoms with Crippen molar-refractivity contribution >= 4 is 11.7 Å². The van der Waals surface area contributed by atoms with Crippen LogP contribution in [-0.4, -0.2) is 29.0 Å². The molecule has 0 spiro atoms. The summed E-state index contributed by atoms with van der Waals surface area (Å²) >= 11 is 0. The molecule has 6 nitrogen and oxygen atoms in total. The summed E-state index contributed by atoms with van der Waals surface area (Å²) in [5, 5.41) is 0. The SMILES string of the molecule is COc1ccc(C2(C#Cc3ccnc(N)n3)CCC(=O)CC2)cc1OC1CCCC1. The van der Waals surface area contributed by atoms with Crippen molar-refractivity contribution in [2.24, 2.45) is 0 Å². The molecule has 2 fully saturated rings. The van der Waals surface area contributed by atoms with Gasteiger partial charge in [0.2, 0.25) is 5.95 Å². The topological polar surface area (TPSA) is 87.3 Å². The molecule has 30 heavy (non-hydrogen) atoms. The molecule has 2 aliphatic rings. The average Bonchev–Trinajstić information content (AvgIpc) is 3.27. The molecule has 0 aliphatic heterocycles. The molecule has 1 heterocycles. The van der Waals surface area contributed by atoms with Crippen molar-refractivity contribution in [1.29, 1.82) is 0 Å². The second-order valence-corrected chi connectivity index (χ2v) is 8.06. The lowest BCUT2D eigenvalue weighted by Crippen LogP contribution is -2.30. The van der Waals surface area contributed by atoms with Crippen LogP contribution in [-0.2, 0) is 10.2 Å². The predicted octanol–water partition coefficient (Wildman–Crippen LogP) is 3.82. The van der Waals surface area contributed by atoms with E-state index in [1.54, 1.807) is 19.4 Å². The van der Waals surface area contributed by atoms with Crippen LogP contribution in [0.1, 0.15) is 62.6 Å². The molecule has 6 heteroatoms. The Morgan fingerprint density at radius 3 is 2.60 bits per heavy atom. The Morgan fingerprint density at radius 1 is 1.13 bits per heavy atom. The summed E-state index contributed by atoms with van der Waals surface area (Å²) in [4.78, 5) is 20.1. The maximum atomic E-state index is 12.0. The summed E-state index contributed by atoms with van der Waals surface area (Å²) in [6, 6.07) is 7.78. The van der Waals surface area contributed by atoms with Gasteiger partial charge < -0.3 is 15.2 Å². The Hall–Kier alpha value is -3.07. The normalized spacial score (nSPS) is 18.5. The molecule has 2 aromatic rings. The van der Waals surface area contributed by atoms with Crippen LogP contribution in [0.25, 0.3) is 0 Å². The highest BCUT2D eigenvalue weighted by Crippen LogP contribution is 2.42. The number of Topliss-reactive ketones (excluding diaryl/α,β-unsaturated/α-hetero) is 1. The third-order valence-electron chi connectivity index (χ3n) is 6.08. The van der Waals surface area contributed by atoms with Crippen molar-refractivity contribution in [3.63, 3.8) is 0 Å². The standard InChI is InChI=1S/C24H27N3O3/c1-29-21-7-6-17(16-22(21)30-20-4-2-3-5-20)24(13-9-19(28)10-14-24)12-8-18-11-15-26-23(25)27-18/h6-7,11,15-16,20H,2-5,9-10,13-14H2,1H3,(H2,25,26,27). The summed E-state index contributed by atoms with van der Waals surface area (Å²) in [6.45, 7) is 0. The van der Waals surface area contributed by atoms with Gasteiger partial charge in [-0.3, -0.25) is 4.79 Å². The molecule has 2 N–H and O–H groups in total. The van der Waals surface area contributed by atoms with Gasteiger partial charge in [-0.25, -0.2) is 9.97 Å². The minimum Gasteiger partial charge on any atom is -0.493 e. The third-order valence-corrected chi connectivity index (χ3v) is 6.08. The highest BCUT2D eigenvalue weighted by atomic mass is 16.5. The van der Waals surface area contributed by atoms with Gasteiger partial charge in [-0.05, 0) is 68.2 Å². The van der Waals surface area contributed by atoms with E-state index in [0.717, 1.165) is 29.9 Å². The number of aromatic nitrogens is 2. The first-order valence-corrected chi connectivity index (χ1v) is 10.6. The van der Waals surface area contributed by atoms with E-state index in [-0.39, 0.29) is 17.8 Å². The fraction of sp³-hybridized carbons (Fsp3) is 0.458. The lowest BCUT2D eigenvalue weighted by Gasteiger charge is -2.33. The van der Waals surface area contributed by atoms with Crippen LogP contribution < -0.4 is 15.2 Å². The van der Waals surface area contributed by atoms with Crippen molar-refractivity contribution in [2.45, 2.75) is 62.9 Å².